The van der Waals surface area contributed by atoms with Crippen LogP contribution in [0.2, 0.25) is 0 Å². The standard InChI is InChI=1S/C13H18F2N2O.2ClH/c1-18-13(5-9-6-17-7-12(9)16)8-2-3-10(14)11(15)4-8;;/h2-4,9,12-13,17H,5-7,16H2,1H3;2*1H. The smallest absolute Gasteiger partial charge is 0.159 e. The van der Waals surface area contributed by atoms with E-state index in [1.807, 2.05) is 0 Å². The summed E-state index contributed by atoms with van der Waals surface area (Å²) in [5.74, 6) is -1.39. The molecule has 1 aliphatic rings. The Balaban J connectivity index is 0.00000180. The lowest BCUT2D eigenvalue weighted by Gasteiger charge is -2.22. The van der Waals surface area contributed by atoms with Crippen LogP contribution in [-0.2, 0) is 4.74 Å². The molecule has 3 nitrogen and oxygen atoms in total. The van der Waals surface area contributed by atoms with Crippen molar-refractivity contribution in [1.82, 2.24) is 5.32 Å². The van der Waals surface area contributed by atoms with Crippen LogP contribution in [-0.4, -0.2) is 26.2 Å². The first-order valence-corrected chi connectivity index (χ1v) is 6.06. The van der Waals surface area contributed by atoms with E-state index in [-0.39, 0.29) is 37.0 Å². The molecule has 1 aliphatic heterocycles. The fraction of sp³-hybridized carbons (Fsp3) is 0.538. The maximum absolute atomic E-state index is 13.2. The van der Waals surface area contributed by atoms with E-state index in [1.165, 1.54) is 6.07 Å². The van der Waals surface area contributed by atoms with Crippen LogP contribution in [0.1, 0.15) is 18.1 Å². The normalized spacial score (nSPS) is 22.8. The van der Waals surface area contributed by atoms with Gasteiger partial charge in [-0.2, -0.15) is 0 Å². The van der Waals surface area contributed by atoms with Gasteiger partial charge in [0.2, 0.25) is 0 Å². The lowest BCUT2D eigenvalue weighted by molar-refractivity contribution is 0.0801. The molecule has 1 aromatic carbocycles. The monoisotopic (exact) mass is 328 g/mol. The number of hydrogen-bond acceptors (Lipinski definition) is 3. The zero-order chi connectivity index (χ0) is 13.1. The molecule has 116 valence electrons. The third-order valence-electron chi connectivity index (χ3n) is 3.51. The molecule has 20 heavy (non-hydrogen) atoms. The molecule has 0 aliphatic carbocycles. The minimum atomic E-state index is -0.844. The summed E-state index contributed by atoms with van der Waals surface area (Å²) >= 11 is 0. The second-order valence-electron chi connectivity index (χ2n) is 4.72. The molecule has 3 N–H and O–H groups in total. The molecule has 0 bridgehead atoms. The molecule has 1 aromatic rings. The number of ether oxygens (including phenoxy) is 1. The Morgan fingerprint density at radius 2 is 2.00 bits per heavy atom. The highest BCUT2D eigenvalue weighted by Gasteiger charge is 2.27. The predicted molar refractivity (Wildman–Crippen MR) is 79.6 cm³/mol. The molecule has 3 unspecified atom stereocenters. The van der Waals surface area contributed by atoms with Gasteiger partial charge in [0.1, 0.15) is 0 Å². The highest BCUT2D eigenvalue weighted by atomic mass is 35.5. The fourth-order valence-corrected chi connectivity index (χ4v) is 2.37. The van der Waals surface area contributed by atoms with Crippen molar-refractivity contribution < 1.29 is 13.5 Å². The average molecular weight is 329 g/mol. The van der Waals surface area contributed by atoms with Crippen molar-refractivity contribution in [2.24, 2.45) is 11.7 Å². The zero-order valence-electron chi connectivity index (χ0n) is 11.1. The van der Waals surface area contributed by atoms with Crippen LogP contribution in [0.25, 0.3) is 0 Å². The van der Waals surface area contributed by atoms with Crippen LogP contribution in [0.3, 0.4) is 0 Å². The quantitative estimate of drug-likeness (QED) is 0.892. The van der Waals surface area contributed by atoms with Crippen molar-refractivity contribution >= 4 is 24.8 Å². The van der Waals surface area contributed by atoms with Gasteiger partial charge < -0.3 is 15.8 Å². The van der Waals surface area contributed by atoms with Gasteiger partial charge in [-0.3, -0.25) is 0 Å². The predicted octanol–water partition coefficient (Wildman–Crippen LogP) is 2.43. The van der Waals surface area contributed by atoms with E-state index in [0.29, 0.717) is 17.9 Å². The van der Waals surface area contributed by atoms with Crippen LogP contribution >= 0.6 is 24.8 Å². The molecular weight excluding hydrogens is 309 g/mol. The van der Waals surface area contributed by atoms with Gasteiger partial charge in [-0.25, -0.2) is 8.78 Å². The first kappa shape index (κ1) is 19.5. The Morgan fingerprint density at radius 1 is 1.30 bits per heavy atom. The van der Waals surface area contributed by atoms with Crippen LogP contribution in [0.5, 0.6) is 0 Å². The van der Waals surface area contributed by atoms with E-state index >= 15 is 0 Å². The molecule has 2 rings (SSSR count). The summed E-state index contributed by atoms with van der Waals surface area (Å²) in [5, 5.41) is 3.21. The van der Waals surface area contributed by atoms with Gasteiger partial charge in [0, 0.05) is 19.7 Å². The van der Waals surface area contributed by atoms with Crippen LogP contribution < -0.4 is 11.1 Å². The van der Waals surface area contributed by atoms with Gasteiger partial charge in [0.25, 0.3) is 0 Å². The van der Waals surface area contributed by atoms with Crippen LogP contribution in [0.4, 0.5) is 8.78 Å². The first-order valence-electron chi connectivity index (χ1n) is 6.06. The molecule has 7 heteroatoms. The van der Waals surface area contributed by atoms with Crippen LogP contribution in [0, 0.1) is 17.6 Å². The summed E-state index contributed by atoms with van der Waals surface area (Å²) < 4.78 is 31.5. The first-order chi connectivity index (χ1) is 8.61. The molecule has 3 atom stereocenters. The molecular formula is C13H20Cl2F2N2O. The van der Waals surface area contributed by atoms with E-state index in [9.17, 15) is 8.78 Å². The van der Waals surface area contributed by atoms with Gasteiger partial charge in [-0.1, -0.05) is 6.07 Å². The van der Waals surface area contributed by atoms with Crippen LogP contribution in [0.15, 0.2) is 18.2 Å². The van der Waals surface area contributed by atoms with E-state index in [2.05, 4.69) is 5.32 Å². The Morgan fingerprint density at radius 3 is 2.50 bits per heavy atom. The van der Waals surface area contributed by atoms with Gasteiger partial charge in [-0.05, 0) is 36.6 Å². The molecule has 1 fully saturated rings. The summed E-state index contributed by atoms with van der Waals surface area (Å²) in [5.41, 5.74) is 6.61. The van der Waals surface area contributed by atoms with Crippen molar-refractivity contribution in [3.8, 4) is 0 Å². The van der Waals surface area contributed by atoms with Gasteiger partial charge in [0.15, 0.2) is 11.6 Å². The van der Waals surface area contributed by atoms with Crippen molar-refractivity contribution in [3.63, 3.8) is 0 Å². The maximum atomic E-state index is 13.2. The van der Waals surface area contributed by atoms with E-state index < -0.39 is 11.6 Å². The third kappa shape index (κ3) is 4.53. The third-order valence-corrected chi connectivity index (χ3v) is 3.51. The molecule has 0 amide bonds. The second-order valence-corrected chi connectivity index (χ2v) is 4.72. The van der Waals surface area contributed by atoms with Gasteiger partial charge >= 0.3 is 0 Å². The maximum Gasteiger partial charge on any atom is 0.159 e. The van der Waals surface area contributed by atoms with Gasteiger partial charge in [0.05, 0.1) is 6.10 Å². The van der Waals surface area contributed by atoms with Crippen molar-refractivity contribution in [3.05, 3.63) is 35.4 Å². The van der Waals surface area contributed by atoms with E-state index in [0.717, 1.165) is 19.2 Å². The largest absolute Gasteiger partial charge is 0.377 e. The molecule has 1 heterocycles. The number of nitrogens with two attached hydrogens (primary N) is 1. The fourth-order valence-electron chi connectivity index (χ4n) is 2.37. The summed E-state index contributed by atoms with van der Waals surface area (Å²) in [6.07, 6.45) is 0.450. The molecule has 1 saturated heterocycles. The minimum Gasteiger partial charge on any atom is -0.377 e. The summed E-state index contributed by atoms with van der Waals surface area (Å²) in [4.78, 5) is 0. The summed E-state index contributed by atoms with van der Waals surface area (Å²) in [6, 6.07) is 3.97. The Kier molecular flexibility index (Phi) is 8.54. The molecule has 0 spiro atoms. The second kappa shape index (κ2) is 8.74. The minimum absolute atomic E-state index is 0. The Labute approximate surface area is 130 Å². The van der Waals surface area contributed by atoms with E-state index in [4.69, 9.17) is 10.5 Å². The highest BCUT2D eigenvalue weighted by molar-refractivity contribution is 5.85. The Hall–Kier alpha value is -0.460. The number of nitrogens with one attached hydrogen (secondary N) is 1. The summed E-state index contributed by atoms with van der Waals surface area (Å²) in [6.45, 7) is 1.63. The molecule has 0 radical (unpaired) electrons. The zero-order valence-corrected chi connectivity index (χ0v) is 12.8. The Bertz CT molecular complexity index is 423. The lowest BCUT2D eigenvalue weighted by atomic mass is 9.93. The molecule has 0 saturated carbocycles. The molecule has 0 aromatic heterocycles. The van der Waals surface area contributed by atoms with Gasteiger partial charge in [-0.15, -0.1) is 24.8 Å². The lowest BCUT2D eigenvalue weighted by Crippen LogP contribution is -2.30. The number of methoxy groups -OCH3 is 1. The van der Waals surface area contributed by atoms with Crippen molar-refractivity contribution in [1.29, 1.82) is 0 Å². The number of halogens is 4. The van der Waals surface area contributed by atoms with E-state index in [1.54, 1.807) is 13.2 Å². The topological polar surface area (TPSA) is 47.3 Å². The van der Waals surface area contributed by atoms with Crippen molar-refractivity contribution in [2.75, 3.05) is 20.2 Å². The SMILES string of the molecule is COC(CC1CNCC1N)c1ccc(F)c(F)c1.Cl.Cl. The van der Waals surface area contributed by atoms with Crippen molar-refractivity contribution in [2.45, 2.75) is 18.6 Å². The number of benzene rings is 1. The number of hydrogen-bond donors (Lipinski definition) is 2. The summed E-state index contributed by atoms with van der Waals surface area (Å²) in [7, 11) is 1.57. The number of rotatable bonds is 4. The average Bonchev–Trinajstić information content (AvgIpc) is 2.75. The highest BCUT2D eigenvalue weighted by Crippen LogP contribution is 2.28.